The molecular weight excluding hydrogens is 410 g/mol. The molecule has 0 bridgehead atoms. The Bertz CT molecular complexity index is 999. The van der Waals surface area contributed by atoms with Crippen molar-refractivity contribution in [2.75, 3.05) is 24.1 Å². The first-order valence-corrected chi connectivity index (χ1v) is 11.5. The molecule has 2 amide bonds. The van der Waals surface area contributed by atoms with E-state index in [0.717, 1.165) is 6.26 Å². The molecule has 0 aliphatic carbocycles. The van der Waals surface area contributed by atoms with E-state index in [1.807, 2.05) is 6.07 Å². The summed E-state index contributed by atoms with van der Waals surface area (Å²) in [6.45, 7) is 1.07. The van der Waals surface area contributed by atoms with Crippen LogP contribution in [0.15, 0.2) is 53.4 Å². The van der Waals surface area contributed by atoms with E-state index in [1.165, 1.54) is 0 Å². The number of thiol groups is 1. The Morgan fingerprint density at radius 2 is 1.66 bits per heavy atom. The van der Waals surface area contributed by atoms with Gasteiger partial charge < -0.3 is 10.2 Å². The lowest BCUT2D eigenvalue weighted by molar-refractivity contribution is 0.0698. The van der Waals surface area contributed by atoms with Gasteiger partial charge in [-0.25, -0.2) is 8.42 Å². The van der Waals surface area contributed by atoms with Crippen molar-refractivity contribution in [3.63, 3.8) is 0 Å². The fraction of sp³-hybridized carbons (Fsp3) is 0.300. The van der Waals surface area contributed by atoms with Crippen LogP contribution in [0.4, 0.5) is 5.69 Å². The molecule has 0 unspecified atom stereocenters. The standard InChI is InChI=1S/C20H23N3O4S2/c1-29(26,27)22-16-8-6-14(7-9-16)20(25)23-12-10-15(11-13-23)21-19(24)17-4-2-3-5-18(17)28/h2-9,15,22,28H,10-13H2,1H3,(H,21,24). The third-order valence-electron chi connectivity index (χ3n) is 4.70. The number of anilines is 1. The lowest BCUT2D eigenvalue weighted by atomic mass is 10.0. The van der Waals surface area contributed by atoms with Crippen molar-refractivity contribution < 1.29 is 18.0 Å². The van der Waals surface area contributed by atoms with Crippen LogP contribution in [0.25, 0.3) is 0 Å². The predicted octanol–water partition coefficient (Wildman–Crippen LogP) is 2.38. The molecule has 154 valence electrons. The lowest BCUT2D eigenvalue weighted by Gasteiger charge is -2.32. The highest BCUT2D eigenvalue weighted by atomic mass is 32.2. The second kappa shape index (κ2) is 8.87. The average molecular weight is 434 g/mol. The van der Waals surface area contributed by atoms with Crippen molar-refractivity contribution in [1.29, 1.82) is 0 Å². The summed E-state index contributed by atoms with van der Waals surface area (Å²) in [6.07, 6.45) is 2.41. The molecular formula is C20H23N3O4S2. The Balaban J connectivity index is 1.54. The van der Waals surface area contributed by atoms with Gasteiger partial charge in [0.2, 0.25) is 10.0 Å². The monoisotopic (exact) mass is 433 g/mol. The second-order valence-electron chi connectivity index (χ2n) is 7.01. The maximum Gasteiger partial charge on any atom is 0.253 e. The second-order valence-corrected chi connectivity index (χ2v) is 9.24. The topological polar surface area (TPSA) is 95.6 Å². The highest BCUT2D eigenvalue weighted by Crippen LogP contribution is 2.18. The Labute approximate surface area is 176 Å². The quantitative estimate of drug-likeness (QED) is 0.631. The van der Waals surface area contributed by atoms with Crippen molar-refractivity contribution in [2.45, 2.75) is 23.8 Å². The molecule has 1 aliphatic heterocycles. The average Bonchev–Trinajstić information content (AvgIpc) is 2.68. The summed E-state index contributed by atoms with van der Waals surface area (Å²) < 4.78 is 24.9. The summed E-state index contributed by atoms with van der Waals surface area (Å²) in [4.78, 5) is 27.5. The van der Waals surface area contributed by atoms with Crippen LogP contribution in [0, 0.1) is 0 Å². The Morgan fingerprint density at radius 3 is 2.24 bits per heavy atom. The molecule has 0 atom stereocenters. The van der Waals surface area contributed by atoms with Gasteiger partial charge in [-0.2, -0.15) is 0 Å². The first-order valence-electron chi connectivity index (χ1n) is 9.19. The molecule has 0 saturated carbocycles. The van der Waals surface area contributed by atoms with E-state index in [-0.39, 0.29) is 17.9 Å². The first-order chi connectivity index (χ1) is 13.7. The summed E-state index contributed by atoms with van der Waals surface area (Å²) in [5, 5.41) is 3.01. The van der Waals surface area contributed by atoms with Gasteiger partial charge in [0.05, 0.1) is 11.8 Å². The summed E-state index contributed by atoms with van der Waals surface area (Å²) in [5.41, 5.74) is 1.45. The maximum atomic E-state index is 12.7. The van der Waals surface area contributed by atoms with Crippen LogP contribution in [-0.4, -0.2) is 50.5 Å². The van der Waals surface area contributed by atoms with Gasteiger partial charge in [-0.15, -0.1) is 12.6 Å². The lowest BCUT2D eigenvalue weighted by Crippen LogP contribution is -2.46. The number of carbonyl (C=O) groups is 2. The molecule has 0 aromatic heterocycles. The molecule has 2 aromatic rings. The normalized spacial score (nSPS) is 15.0. The third-order valence-corrected chi connectivity index (χ3v) is 5.70. The number of carbonyl (C=O) groups excluding carboxylic acids is 2. The highest BCUT2D eigenvalue weighted by Gasteiger charge is 2.25. The van der Waals surface area contributed by atoms with E-state index in [4.69, 9.17) is 0 Å². The number of benzene rings is 2. The molecule has 0 spiro atoms. The number of hydrogen-bond acceptors (Lipinski definition) is 5. The summed E-state index contributed by atoms with van der Waals surface area (Å²) in [6, 6.07) is 13.5. The molecule has 29 heavy (non-hydrogen) atoms. The fourth-order valence-electron chi connectivity index (χ4n) is 3.23. The molecule has 7 nitrogen and oxygen atoms in total. The first kappa shape index (κ1) is 21.2. The molecule has 1 fully saturated rings. The van der Waals surface area contributed by atoms with Crippen LogP contribution in [-0.2, 0) is 10.0 Å². The Hall–Kier alpha value is -2.52. The van der Waals surface area contributed by atoms with E-state index >= 15 is 0 Å². The number of amides is 2. The van der Waals surface area contributed by atoms with Crippen LogP contribution in [0.3, 0.4) is 0 Å². The zero-order valence-electron chi connectivity index (χ0n) is 16.0. The molecule has 1 saturated heterocycles. The maximum absolute atomic E-state index is 12.7. The van der Waals surface area contributed by atoms with Crippen molar-refractivity contribution in [2.24, 2.45) is 0 Å². The zero-order chi connectivity index (χ0) is 21.0. The van der Waals surface area contributed by atoms with Gasteiger partial charge in [0.15, 0.2) is 0 Å². The van der Waals surface area contributed by atoms with Crippen LogP contribution >= 0.6 is 12.6 Å². The van der Waals surface area contributed by atoms with Crippen LogP contribution in [0.1, 0.15) is 33.6 Å². The van der Waals surface area contributed by atoms with Gasteiger partial charge in [-0.05, 0) is 49.2 Å². The number of nitrogens with one attached hydrogen (secondary N) is 2. The molecule has 3 rings (SSSR count). The number of likely N-dealkylation sites (tertiary alicyclic amines) is 1. The van der Waals surface area contributed by atoms with Gasteiger partial charge >= 0.3 is 0 Å². The predicted molar refractivity (Wildman–Crippen MR) is 115 cm³/mol. The minimum atomic E-state index is -3.35. The summed E-state index contributed by atoms with van der Waals surface area (Å²) in [7, 11) is -3.35. The van der Waals surface area contributed by atoms with Crippen LogP contribution < -0.4 is 10.0 Å². The number of rotatable bonds is 5. The van der Waals surface area contributed by atoms with E-state index < -0.39 is 10.0 Å². The molecule has 0 radical (unpaired) electrons. The van der Waals surface area contributed by atoms with Crippen molar-refractivity contribution >= 4 is 40.2 Å². The summed E-state index contributed by atoms with van der Waals surface area (Å²) in [5.74, 6) is -0.268. The number of hydrogen-bond donors (Lipinski definition) is 3. The third kappa shape index (κ3) is 5.74. The van der Waals surface area contributed by atoms with Gasteiger partial charge in [-0.1, -0.05) is 12.1 Å². The van der Waals surface area contributed by atoms with Gasteiger partial charge in [0.1, 0.15) is 0 Å². The van der Waals surface area contributed by atoms with Crippen molar-refractivity contribution in [1.82, 2.24) is 10.2 Å². The number of piperidine rings is 1. The van der Waals surface area contributed by atoms with Gasteiger partial charge in [0.25, 0.3) is 11.8 Å². The Kier molecular flexibility index (Phi) is 6.49. The minimum absolute atomic E-state index is 0.000765. The Morgan fingerprint density at radius 1 is 1.03 bits per heavy atom. The molecule has 2 N–H and O–H groups in total. The van der Waals surface area contributed by atoms with Gasteiger partial charge in [-0.3, -0.25) is 14.3 Å². The minimum Gasteiger partial charge on any atom is -0.349 e. The van der Waals surface area contributed by atoms with Crippen LogP contribution in [0.5, 0.6) is 0 Å². The highest BCUT2D eigenvalue weighted by molar-refractivity contribution is 7.92. The molecule has 1 heterocycles. The summed E-state index contributed by atoms with van der Waals surface area (Å²) >= 11 is 4.31. The smallest absolute Gasteiger partial charge is 0.253 e. The molecule has 9 heteroatoms. The molecule has 2 aromatic carbocycles. The van der Waals surface area contributed by atoms with Crippen molar-refractivity contribution in [3.05, 3.63) is 59.7 Å². The fourth-order valence-corrected chi connectivity index (χ4v) is 4.06. The number of nitrogens with zero attached hydrogens (tertiary/aromatic N) is 1. The van der Waals surface area contributed by atoms with E-state index in [2.05, 4.69) is 22.7 Å². The SMILES string of the molecule is CS(=O)(=O)Nc1ccc(C(=O)N2CCC(NC(=O)c3ccccc3S)CC2)cc1. The van der Waals surface area contributed by atoms with Crippen molar-refractivity contribution in [3.8, 4) is 0 Å². The van der Waals surface area contributed by atoms with Crippen LogP contribution in [0.2, 0.25) is 0 Å². The van der Waals surface area contributed by atoms with E-state index in [0.29, 0.717) is 47.6 Å². The molecule has 1 aliphatic rings. The van der Waals surface area contributed by atoms with E-state index in [9.17, 15) is 18.0 Å². The number of sulfonamides is 1. The van der Waals surface area contributed by atoms with E-state index in [1.54, 1.807) is 47.4 Å². The van der Waals surface area contributed by atoms with Gasteiger partial charge in [0, 0.05) is 35.3 Å². The zero-order valence-corrected chi connectivity index (χ0v) is 17.7. The largest absolute Gasteiger partial charge is 0.349 e.